The molecule has 0 aliphatic carbocycles. The molecule has 2 heterocycles. The number of anilines is 1. The molecule has 0 fully saturated rings. The van der Waals surface area contributed by atoms with Crippen molar-refractivity contribution in [3.05, 3.63) is 84.1 Å². The fraction of sp³-hybridized carbons (Fsp3) is 0. The zero-order valence-corrected chi connectivity index (χ0v) is 14.7. The van der Waals surface area contributed by atoms with Crippen molar-refractivity contribution >= 4 is 22.9 Å². The van der Waals surface area contributed by atoms with Crippen molar-refractivity contribution in [1.29, 1.82) is 0 Å². The molecule has 8 heteroatoms. The van der Waals surface area contributed by atoms with Gasteiger partial charge in [-0.2, -0.15) is 0 Å². The molecule has 0 unspecified atom stereocenters. The Hall–Kier alpha value is -3.52. The number of thiazole rings is 1. The minimum Gasteiger partial charge on any atom is -0.431 e. The number of hydrogen-bond donors (Lipinski definition) is 1. The van der Waals surface area contributed by atoms with Crippen LogP contribution in [0.25, 0.3) is 5.69 Å². The van der Waals surface area contributed by atoms with E-state index < -0.39 is 5.82 Å². The molecule has 6 nitrogen and oxygen atoms in total. The Bertz CT molecular complexity index is 1070. The fourth-order valence-electron chi connectivity index (χ4n) is 2.46. The van der Waals surface area contributed by atoms with Gasteiger partial charge in [-0.1, -0.05) is 17.4 Å². The van der Waals surface area contributed by atoms with Gasteiger partial charge in [0.25, 0.3) is 11.1 Å². The van der Waals surface area contributed by atoms with Crippen LogP contribution in [0.1, 0.15) is 10.4 Å². The van der Waals surface area contributed by atoms with Crippen LogP contribution in [0.5, 0.6) is 10.9 Å². The largest absolute Gasteiger partial charge is 0.431 e. The first-order valence-corrected chi connectivity index (χ1v) is 8.84. The van der Waals surface area contributed by atoms with E-state index in [2.05, 4.69) is 15.3 Å². The van der Waals surface area contributed by atoms with E-state index in [1.807, 2.05) is 0 Å². The van der Waals surface area contributed by atoms with Crippen LogP contribution in [-0.4, -0.2) is 20.4 Å². The Balaban J connectivity index is 1.50. The number of nitrogens with one attached hydrogen (secondary N) is 1. The van der Waals surface area contributed by atoms with Crippen LogP contribution in [0, 0.1) is 5.82 Å². The van der Waals surface area contributed by atoms with Crippen LogP contribution >= 0.6 is 11.3 Å². The minimum absolute atomic E-state index is 0.351. The lowest BCUT2D eigenvalue weighted by Crippen LogP contribution is -2.12. The van der Waals surface area contributed by atoms with Gasteiger partial charge < -0.3 is 14.6 Å². The maximum absolute atomic E-state index is 14.3. The van der Waals surface area contributed by atoms with Gasteiger partial charge >= 0.3 is 0 Å². The number of imidazole rings is 1. The minimum atomic E-state index is -0.466. The molecular formula is C19H13FN4O2S. The lowest BCUT2D eigenvalue weighted by molar-refractivity contribution is 0.102. The van der Waals surface area contributed by atoms with Crippen LogP contribution in [0.2, 0.25) is 0 Å². The molecule has 0 aliphatic heterocycles. The van der Waals surface area contributed by atoms with Crippen molar-refractivity contribution in [2.45, 2.75) is 0 Å². The van der Waals surface area contributed by atoms with Gasteiger partial charge in [0, 0.05) is 35.2 Å². The van der Waals surface area contributed by atoms with Gasteiger partial charge in [0.05, 0.1) is 12.0 Å². The molecule has 0 aliphatic rings. The third kappa shape index (κ3) is 3.85. The number of nitrogens with zero attached hydrogens (tertiary/aromatic N) is 3. The number of hydrogen-bond acceptors (Lipinski definition) is 5. The number of carbonyl (C=O) groups excluding carboxylic acids is 1. The number of benzene rings is 2. The lowest BCUT2D eigenvalue weighted by atomic mass is 10.2. The van der Waals surface area contributed by atoms with E-state index in [1.165, 1.54) is 23.7 Å². The van der Waals surface area contributed by atoms with Gasteiger partial charge in [-0.25, -0.2) is 14.4 Å². The molecule has 0 saturated heterocycles. The molecule has 0 spiro atoms. The highest BCUT2D eigenvalue weighted by atomic mass is 32.1. The SMILES string of the molecule is O=C(Nc1ccc(-n2ccnc2)c(F)c1)c1cccc(Oc2nccs2)c1. The zero-order chi connectivity index (χ0) is 18.6. The highest BCUT2D eigenvalue weighted by molar-refractivity contribution is 7.11. The van der Waals surface area contributed by atoms with E-state index in [0.29, 0.717) is 27.9 Å². The third-order valence-corrected chi connectivity index (χ3v) is 4.35. The highest BCUT2D eigenvalue weighted by Crippen LogP contribution is 2.24. The maximum Gasteiger partial charge on any atom is 0.278 e. The Morgan fingerprint density at radius 3 is 2.85 bits per heavy atom. The van der Waals surface area contributed by atoms with E-state index in [4.69, 9.17) is 4.74 Å². The molecule has 0 saturated carbocycles. The number of rotatable bonds is 5. The summed E-state index contributed by atoms with van der Waals surface area (Å²) < 4.78 is 21.5. The molecule has 1 amide bonds. The van der Waals surface area contributed by atoms with Crippen molar-refractivity contribution < 1.29 is 13.9 Å². The summed E-state index contributed by atoms with van der Waals surface area (Å²) in [6.45, 7) is 0. The van der Waals surface area contributed by atoms with Gasteiger partial charge in [0.2, 0.25) is 0 Å². The number of aromatic nitrogens is 3. The molecule has 0 radical (unpaired) electrons. The molecule has 2 aromatic carbocycles. The predicted molar refractivity (Wildman–Crippen MR) is 100 cm³/mol. The summed E-state index contributed by atoms with van der Waals surface area (Å²) in [6, 6.07) is 11.2. The Kier molecular flexibility index (Phi) is 4.63. The Labute approximate surface area is 157 Å². The molecule has 4 aromatic rings. The van der Waals surface area contributed by atoms with E-state index in [9.17, 15) is 9.18 Å². The first-order valence-electron chi connectivity index (χ1n) is 7.96. The average Bonchev–Trinajstić information content (AvgIpc) is 3.36. The van der Waals surface area contributed by atoms with Crippen LogP contribution in [0.3, 0.4) is 0 Å². The summed E-state index contributed by atoms with van der Waals surface area (Å²) in [6.07, 6.45) is 6.35. The van der Waals surface area contributed by atoms with Gasteiger partial charge in [-0.05, 0) is 36.4 Å². The number of amides is 1. The molecule has 27 heavy (non-hydrogen) atoms. The maximum atomic E-state index is 14.3. The van der Waals surface area contributed by atoms with Crippen molar-refractivity contribution in [3.8, 4) is 16.6 Å². The molecule has 4 rings (SSSR count). The quantitative estimate of drug-likeness (QED) is 0.553. The second-order valence-electron chi connectivity index (χ2n) is 5.52. The van der Waals surface area contributed by atoms with Crippen LogP contribution in [0.15, 0.2) is 72.8 Å². The molecule has 2 aromatic heterocycles. The third-order valence-electron chi connectivity index (χ3n) is 3.70. The zero-order valence-electron chi connectivity index (χ0n) is 13.9. The summed E-state index contributed by atoms with van der Waals surface area (Å²) in [5.41, 5.74) is 1.10. The summed E-state index contributed by atoms with van der Waals surface area (Å²) in [4.78, 5) is 20.4. The first-order chi connectivity index (χ1) is 13.2. The van der Waals surface area contributed by atoms with Gasteiger partial charge in [0.1, 0.15) is 11.6 Å². The summed E-state index contributed by atoms with van der Waals surface area (Å²) in [5, 5.41) is 4.98. The van der Waals surface area contributed by atoms with Crippen molar-refractivity contribution in [3.63, 3.8) is 0 Å². The van der Waals surface area contributed by atoms with Crippen LogP contribution < -0.4 is 10.1 Å². The highest BCUT2D eigenvalue weighted by Gasteiger charge is 2.11. The average molecular weight is 380 g/mol. The monoisotopic (exact) mass is 380 g/mol. The first kappa shape index (κ1) is 16.9. The van der Waals surface area contributed by atoms with E-state index in [1.54, 1.807) is 64.9 Å². The van der Waals surface area contributed by atoms with Crippen molar-refractivity contribution in [1.82, 2.24) is 14.5 Å². The van der Waals surface area contributed by atoms with Gasteiger partial charge in [-0.3, -0.25) is 4.79 Å². The summed E-state index contributed by atoms with van der Waals surface area (Å²) >= 11 is 1.35. The lowest BCUT2D eigenvalue weighted by Gasteiger charge is -2.09. The smallest absolute Gasteiger partial charge is 0.278 e. The molecule has 1 N–H and O–H groups in total. The second kappa shape index (κ2) is 7.38. The van der Waals surface area contributed by atoms with E-state index >= 15 is 0 Å². The van der Waals surface area contributed by atoms with Crippen molar-refractivity contribution in [2.75, 3.05) is 5.32 Å². The van der Waals surface area contributed by atoms with Crippen LogP contribution in [0.4, 0.5) is 10.1 Å². The normalized spacial score (nSPS) is 10.6. The fourth-order valence-corrected chi connectivity index (χ4v) is 2.97. The number of carbonyl (C=O) groups is 1. The Morgan fingerprint density at radius 2 is 2.11 bits per heavy atom. The molecule has 134 valence electrons. The summed E-state index contributed by atoms with van der Waals surface area (Å²) in [5.74, 6) is -0.333. The number of halogens is 1. The van der Waals surface area contributed by atoms with Crippen molar-refractivity contribution in [2.24, 2.45) is 0 Å². The standard InChI is InChI=1S/C19H13FN4O2S/c20-16-11-14(4-5-17(16)24-8-6-21-12-24)23-18(25)13-2-1-3-15(10-13)26-19-22-7-9-27-19/h1-12H,(H,23,25). The molecule has 0 bridgehead atoms. The topological polar surface area (TPSA) is 69.0 Å². The summed E-state index contributed by atoms with van der Waals surface area (Å²) in [7, 11) is 0. The molecule has 0 atom stereocenters. The van der Waals surface area contributed by atoms with Gasteiger partial charge in [0.15, 0.2) is 0 Å². The Morgan fingerprint density at radius 1 is 1.19 bits per heavy atom. The predicted octanol–water partition coefficient (Wildman–Crippen LogP) is 4.51. The molecular weight excluding hydrogens is 367 g/mol. The van der Waals surface area contributed by atoms with Gasteiger partial charge in [-0.15, -0.1) is 0 Å². The van der Waals surface area contributed by atoms with Crippen LogP contribution in [-0.2, 0) is 0 Å². The second-order valence-corrected chi connectivity index (χ2v) is 6.38. The number of ether oxygens (including phenoxy) is 1. The van der Waals surface area contributed by atoms with E-state index in [0.717, 1.165) is 0 Å². The van der Waals surface area contributed by atoms with E-state index in [-0.39, 0.29) is 5.91 Å².